The van der Waals surface area contributed by atoms with Crippen molar-refractivity contribution >= 4 is 40.6 Å². The van der Waals surface area contributed by atoms with Crippen LogP contribution in [0.4, 0.5) is 4.79 Å². The first-order valence-electron chi connectivity index (χ1n) is 9.53. The van der Waals surface area contributed by atoms with Gasteiger partial charge in [-0.1, -0.05) is 18.7 Å². The van der Waals surface area contributed by atoms with Gasteiger partial charge in [0.15, 0.2) is 5.16 Å². The van der Waals surface area contributed by atoms with E-state index in [0.717, 1.165) is 28.9 Å². The monoisotopic (exact) mass is 417 g/mol. The SMILES string of the molecule is COc1ccc2nc(SCC(=O)NN3C(=O)NC4(CCC(C)CC4)C3=O)[nH]c2c1. The number of hydrazine groups is 1. The summed E-state index contributed by atoms with van der Waals surface area (Å²) in [6.07, 6.45) is 2.95. The van der Waals surface area contributed by atoms with Crippen LogP contribution in [0.25, 0.3) is 11.0 Å². The molecule has 1 saturated carbocycles. The Bertz CT molecular complexity index is 967. The molecule has 10 heteroatoms. The lowest BCUT2D eigenvalue weighted by Crippen LogP contribution is -2.51. The zero-order valence-corrected chi connectivity index (χ0v) is 17.1. The van der Waals surface area contributed by atoms with E-state index in [1.165, 1.54) is 11.8 Å². The van der Waals surface area contributed by atoms with Crippen LogP contribution < -0.4 is 15.5 Å². The molecule has 1 aliphatic heterocycles. The molecule has 2 aliphatic rings. The number of benzene rings is 1. The van der Waals surface area contributed by atoms with E-state index in [1.54, 1.807) is 7.11 Å². The predicted octanol–water partition coefficient (Wildman–Crippen LogP) is 2.20. The van der Waals surface area contributed by atoms with Crippen LogP contribution in [0.1, 0.15) is 32.6 Å². The maximum Gasteiger partial charge on any atom is 0.344 e. The molecule has 1 spiro atoms. The number of aromatic amines is 1. The fraction of sp³-hybridized carbons (Fsp3) is 0.474. The maximum atomic E-state index is 12.8. The van der Waals surface area contributed by atoms with E-state index in [9.17, 15) is 14.4 Å². The summed E-state index contributed by atoms with van der Waals surface area (Å²) < 4.78 is 5.18. The third-order valence-corrected chi connectivity index (χ3v) is 6.41. The molecular formula is C19H23N5O4S. The second kappa shape index (κ2) is 7.58. The first kappa shape index (κ1) is 19.6. The third-order valence-electron chi connectivity index (χ3n) is 5.53. The number of imidazole rings is 1. The molecule has 1 aromatic heterocycles. The van der Waals surface area contributed by atoms with Crippen molar-refractivity contribution < 1.29 is 19.1 Å². The van der Waals surface area contributed by atoms with Crippen LogP contribution in [0.5, 0.6) is 5.75 Å². The Kier molecular flexibility index (Phi) is 5.12. The molecule has 4 amide bonds. The number of fused-ring (bicyclic) bond motifs is 1. The van der Waals surface area contributed by atoms with Crippen molar-refractivity contribution in [3.8, 4) is 5.75 Å². The van der Waals surface area contributed by atoms with Crippen molar-refractivity contribution in [2.24, 2.45) is 5.92 Å². The van der Waals surface area contributed by atoms with Crippen molar-refractivity contribution in [3.05, 3.63) is 18.2 Å². The first-order chi connectivity index (χ1) is 13.9. The van der Waals surface area contributed by atoms with Crippen molar-refractivity contribution in [1.82, 2.24) is 25.7 Å². The fourth-order valence-electron chi connectivity index (χ4n) is 3.77. The minimum absolute atomic E-state index is 0.0120. The highest BCUT2D eigenvalue weighted by Gasteiger charge is 2.52. The Morgan fingerprint density at radius 1 is 1.38 bits per heavy atom. The van der Waals surface area contributed by atoms with Crippen LogP contribution in [0.15, 0.2) is 23.4 Å². The summed E-state index contributed by atoms with van der Waals surface area (Å²) in [6.45, 7) is 2.14. The van der Waals surface area contributed by atoms with Crippen molar-refractivity contribution in [3.63, 3.8) is 0 Å². The number of hydrogen-bond acceptors (Lipinski definition) is 6. The number of methoxy groups -OCH3 is 1. The Hall–Kier alpha value is -2.75. The summed E-state index contributed by atoms with van der Waals surface area (Å²) in [5.41, 5.74) is 3.12. The van der Waals surface area contributed by atoms with E-state index in [-0.39, 0.29) is 11.7 Å². The lowest BCUT2D eigenvalue weighted by molar-refractivity contribution is -0.139. The Morgan fingerprint density at radius 3 is 2.86 bits per heavy atom. The lowest BCUT2D eigenvalue weighted by Gasteiger charge is -2.33. The number of nitrogens with one attached hydrogen (secondary N) is 3. The van der Waals surface area contributed by atoms with Crippen LogP contribution in [0.3, 0.4) is 0 Å². The van der Waals surface area contributed by atoms with Gasteiger partial charge >= 0.3 is 6.03 Å². The highest BCUT2D eigenvalue weighted by molar-refractivity contribution is 7.99. The Balaban J connectivity index is 1.36. The molecule has 1 saturated heterocycles. The molecule has 1 aliphatic carbocycles. The molecule has 29 heavy (non-hydrogen) atoms. The van der Waals surface area contributed by atoms with E-state index in [0.29, 0.717) is 29.7 Å². The molecule has 0 radical (unpaired) electrons. The van der Waals surface area contributed by atoms with Crippen LogP contribution in [-0.4, -0.2) is 51.2 Å². The van der Waals surface area contributed by atoms with Gasteiger partial charge in [0, 0.05) is 6.07 Å². The molecule has 0 bridgehead atoms. The van der Waals surface area contributed by atoms with E-state index in [2.05, 4.69) is 27.6 Å². The van der Waals surface area contributed by atoms with Gasteiger partial charge in [0.1, 0.15) is 11.3 Å². The van der Waals surface area contributed by atoms with Gasteiger partial charge < -0.3 is 15.0 Å². The molecule has 154 valence electrons. The number of rotatable bonds is 5. The van der Waals surface area contributed by atoms with E-state index >= 15 is 0 Å². The number of thioether (sulfide) groups is 1. The third kappa shape index (κ3) is 3.76. The maximum absolute atomic E-state index is 12.8. The van der Waals surface area contributed by atoms with Gasteiger partial charge in [-0.25, -0.2) is 9.78 Å². The van der Waals surface area contributed by atoms with E-state index < -0.39 is 17.5 Å². The molecule has 0 unspecified atom stereocenters. The number of hydrogen-bond donors (Lipinski definition) is 3. The minimum atomic E-state index is -0.873. The average molecular weight is 417 g/mol. The van der Waals surface area contributed by atoms with Gasteiger partial charge in [-0.2, -0.15) is 5.01 Å². The Morgan fingerprint density at radius 2 is 2.14 bits per heavy atom. The molecule has 1 aromatic carbocycles. The molecule has 0 atom stereocenters. The molecule has 2 fully saturated rings. The van der Waals surface area contributed by atoms with Gasteiger partial charge in [0.2, 0.25) is 5.91 Å². The average Bonchev–Trinajstić information content (AvgIpc) is 3.22. The highest BCUT2D eigenvalue weighted by Crippen LogP contribution is 2.35. The number of amides is 4. The topological polar surface area (TPSA) is 116 Å². The van der Waals surface area contributed by atoms with Gasteiger partial charge in [-0.3, -0.25) is 15.0 Å². The second-order valence-corrected chi connectivity index (χ2v) is 8.55. The summed E-state index contributed by atoms with van der Waals surface area (Å²) in [5, 5.41) is 4.17. The van der Waals surface area contributed by atoms with Gasteiger partial charge in [-0.05, 0) is 43.7 Å². The molecule has 9 nitrogen and oxygen atoms in total. The Labute approximate surface area is 171 Å². The number of urea groups is 1. The zero-order chi connectivity index (χ0) is 20.6. The van der Waals surface area contributed by atoms with E-state index in [1.807, 2.05) is 18.2 Å². The predicted molar refractivity (Wildman–Crippen MR) is 107 cm³/mol. The lowest BCUT2D eigenvalue weighted by atomic mass is 9.77. The largest absolute Gasteiger partial charge is 0.497 e. The fourth-order valence-corrected chi connectivity index (χ4v) is 4.44. The molecule has 4 rings (SSSR count). The summed E-state index contributed by atoms with van der Waals surface area (Å²) >= 11 is 1.19. The number of aromatic nitrogens is 2. The normalized spacial score (nSPS) is 24.2. The number of H-pyrrole nitrogens is 1. The minimum Gasteiger partial charge on any atom is -0.497 e. The van der Waals surface area contributed by atoms with Gasteiger partial charge in [-0.15, -0.1) is 0 Å². The van der Waals surface area contributed by atoms with Crippen LogP contribution in [-0.2, 0) is 9.59 Å². The number of ether oxygens (including phenoxy) is 1. The quantitative estimate of drug-likeness (QED) is 0.507. The van der Waals surface area contributed by atoms with Crippen LogP contribution in [0, 0.1) is 5.92 Å². The number of imide groups is 1. The molecule has 2 aromatic rings. The van der Waals surface area contributed by atoms with Crippen LogP contribution in [0.2, 0.25) is 0 Å². The summed E-state index contributed by atoms with van der Waals surface area (Å²) in [5.74, 6) is 0.438. The number of carbonyl (C=O) groups is 3. The summed E-state index contributed by atoms with van der Waals surface area (Å²) in [4.78, 5) is 44.9. The van der Waals surface area contributed by atoms with Crippen molar-refractivity contribution in [2.75, 3.05) is 12.9 Å². The van der Waals surface area contributed by atoms with E-state index in [4.69, 9.17) is 4.74 Å². The number of nitrogens with zero attached hydrogens (tertiary/aromatic N) is 2. The van der Waals surface area contributed by atoms with Crippen LogP contribution >= 0.6 is 11.8 Å². The van der Waals surface area contributed by atoms with Crippen molar-refractivity contribution in [1.29, 1.82) is 0 Å². The first-order valence-corrected chi connectivity index (χ1v) is 10.5. The van der Waals surface area contributed by atoms with Gasteiger partial charge in [0.25, 0.3) is 5.91 Å². The molecule has 3 N–H and O–H groups in total. The smallest absolute Gasteiger partial charge is 0.344 e. The standard InChI is InChI=1S/C19H23N5O4S/c1-11-5-7-19(8-6-11)16(26)24(18(27)22-19)23-15(25)10-29-17-20-13-4-3-12(28-2)9-14(13)21-17/h3-4,9,11H,5-8,10H2,1-2H3,(H,20,21)(H,22,27)(H,23,25). The summed E-state index contributed by atoms with van der Waals surface area (Å²) in [7, 11) is 1.59. The molecular weight excluding hydrogens is 394 g/mol. The molecule has 2 heterocycles. The van der Waals surface area contributed by atoms with Gasteiger partial charge in [0.05, 0.1) is 23.9 Å². The van der Waals surface area contributed by atoms with Crippen molar-refractivity contribution in [2.45, 2.75) is 43.3 Å². The zero-order valence-electron chi connectivity index (χ0n) is 16.3. The second-order valence-electron chi connectivity index (χ2n) is 7.58. The highest BCUT2D eigenvalue weighted by atomic mass is 32.2. The number of carbonyl (C=O) groups excluding carboxylic acids is 3. The summed E-state index contributed by atoms with van der Waals surface area (Å²) in [6, 6.07) is 4.89.